The van der Waals surface area contributed by atoms with Crippen LogP contribution in [-0.2, 0) is 14.8 Å². The number of para-hydroxylation sites is 1. The van der Waals surface area contributed by atoms with E-state index in [1.54, 1.807) is 6.26 Å². The van der Waals surface area contributed by atoms with Gasteiger partial charge >= 0.3 is 12.4 Å². The number of hydrogen-bond acceptors (Lipinski definition) is 8. The lowest BCUT2D eigenvalue weighted by Crippen LogP contribution is -2.45. The van der Waals surface area contributed by atoms with Crippen LogP contribution in [0.4, 0.5) is 13.2 Å². The zero-order chi connectivity index (χ0) is 21.1. The van der Waals surface area contributed by atoms with E-state index in [1.807, 2.05) is 0 Å². The van der Waals surface area contributed by atoms with E-state index in [-0.39, 0.29) is 11.2 Å². The Hall–Kier alpha value is -2.48. The zero-order valence-electron chi connectivity index (χ0n) is 14.8. The van der Waals surface area contributed by atoms with Crippen LogP contribution in [-0.4, -0.2) is 55.8 Å². The number of sulfonamides is 1. The van der Waals surface area contributed by atoms with Crippen molar-refractivity contribution < 1.29 is 31.1 Å². The molecule has 1 unspecified atom stereocenters. The molecule has 154 valence electrons. The maximum atomic E-state index is 13.2. The minimum atomic E-state index is -5.08. The van der Waals surface area contributed by atoms with Crippen molar-refractivity contribution in [3.63, 3.8) is 0 Å². The van der Waals surface area contributed by atoms with Crippen molar-refractivity contribution in [2.75, 3.05) is 13.4 Å². The summed E-state index contributed by atoms with van der Waals surface area (Å²) >= 11 is 1.02. The van der Waals surface area contributed by atoms with Crippen molar-refractivity contribution >= 4 is 38.9 Å². The number of thioether (sulfide) groups is 1. The summed E-state index contributed by atoms with van der Waals surface area (Å²) in [5, 5.41) is -0.0247. The van der Waals surface area contributed by atoms with Crippen molar-refractivity contribution in [3.05, 3.63) is 24.3 Å². The highest BCUT2D eigenvalue weighted by atomic mass is 32.2. The maximum Gasteiger partial charge on any atom is 0.573 e. The summed E-state index contributed by atoms with van der Waals surface area (Å²) in [6.07, 6.45) is -4.61. The molecular formula is C14H16F3N5O4S2. The van der Waals surface area contributed by atoms with Gasteiger partial charge in [-0.15, -0.1) is 13.2 Å². The molecule has 0 saturated heterocycles. The molecule has 1 aliphatic heterocycles. The van der Waals surface area contributed by atoms with Crippen LogP contribution in [0, 0.1) is 0 Å². The lowest BCUT2D eigenvalue weighted by Gasteiger charge is -2.30. The van der Waals surface area contributed by atoms with E-state index in [0.717, 1.165) is 23.9 Å². The second-order valence-electron chi connectivity index (χ2n) is 5.11. The molecule has 1 aromatic rings. The summed E-state index contributed by atoms with van der Waals surface area (Å²) in [5.41, 5.74) is 5.65. The third kappa shape index (κ3) is 4.86. The minimum absolute atomic E-state index is 0.0247. The molecule has 0 radical (unpaired) electrons. The van der Waals surface area contributed by atoms with Gasteiger partial charge in [-0.2, -0.15) is 9.98 Å². The quantitative estimate of drug-likeness (QED) is 0.568. The molecule has 0 aromatic heterocycles. The van der Waals surface area contributed by atoms with Gasteiger partial charge in [0.1, 0.15) is 16.8 Å². The number of guanidine groups is 1. The largest absolute Gasteiger partial charge is 0.573 e. The molecule has 1 aromatic carbocycles. The third-order valence-corrected chi connectivity index (χ3v) is 5.63. The molecule has 0 aliphatic carbocycles. The van der Waals surface area contributed by atoms with Crippen molar-refractivity contribution in [2.24, 2.45) is 20.7 Å². The number of aliphatic imine (C=N–C) groups is 3. The van der Waals surface area contributed by atoms with Crippen LogP contribution in [0.25, 0.3) is 0 Å². The van der Waals surface area contributed by atoms with E-state index < -0.39 is 39.2 Å². The first-order valence-electron chi connectivity index (χ1n) is 7.47. The normalized spacial score (nSPS) is 18.4. The van der Waals surface area contributed by atoms with E-state index in [4.69, 9.17) is 10.5 Å². The Morgan fingerprint density at radius 1 is 1.36 bits per heavy atom. The molecule has 1 atom stereocenters. The molecule has 2 rings (SSSR count). The van der Waals surface area contributed by atoms with Crippen LogP contribution in [0.1, 0.15) is 6.92 Å². The number of amidine groups is 2. The van der Waals surface area contributed by atoms with E-state index in [9.17, 15) is 21.6 Å². The fourth-order valence-electron chi connectivity index (χ4n) is 2.15. The van der Waals surface area contributed by atoms with E-state index >= 15 is 0 Å². The number of benzene rings is 1. The van der Waals surface area contributed by atoms with Gasteiger partial charge in [0.25, 0.3) is 10.0 Å². The Labute approximate surface area is 163 Å². The topological polar surface area (TPSA) is 119 Å². The van der Waals surface area contributed by atoms with Crippen LogP contribution in [0.5, 0.6) is 5.75 Å². The monoisotopic (exact) mass is 439 g/mol. The lowest BCUT2D eigenvalue weighted by atomic mass is 10.3. The number of nitrogens with two attached hydrogens (primary N) is 1. The Morgan fingerprint density at radius 3 is 2.57 bits per heavy atom. The van der Waals surface area contributed by atoms with Gasteiger partial charge in [0.05, 0.1) is 7.11 Å². The summed E-state index contributed by atoms with van der Waals surface area (Å²) < 4.78 is 73.8. The van der Waals surface area contributed by atoms with Gasteiger partial charge < -0.3 is 15.2 Å². The SMILES string of the molecule is COC1=NC(C)N(S(=O)(=O)c2ccccc2OC(F)(F)F)C(N=C(N)SC)=N1. The number of rotatable bonds is 3. The summed E-state index contributed by atoms with van der Waals surface area (Å²) in [6.45, 7) is 1.38. The van der Waals surface area contributed by atoms with Crippen LogP contribution >= 0.6 is 11.8 Å². The molecule has 9 nitrogen and oxygen atoms in total. The molecule has 0 spiro atoms. The highest BCUT2D eigenvalue weighted by molar-refractivity contribution is 8.13. The first-order chi connectivity index (χ1) is 13.0. The predicted octanol–water partition coefficient (Wildman–Crippen LogP) is 1.97. The highest BCUT2D eigenvalue weighted by Crippen LogP contribution is 2.33. The Morgan fingerprint density at radius 2 is 2.00 bits per heavy atom. The molecule has 0 fully saturated rings. The molecule has 0 saturated carbocycles. The number of ether oxygens (including phenoxy) is 2. The van der Waals surface area contributed by atoms with Gasteiger partial charge in [-0.05, 0) is 25.3 Å². The van der Waals surface area contributed by atoms with Crippen molar-refractivity contribution in [1.82, 2.24) is 4.31 Å². The number of hydrogen-bond donors (Lipinski definition) is 1. The lowest BCUT2D eigenvalue weighted by molar-refractivity contribution is -0.275. The van der Waals surface area contributed by atoms with E-state index in [2.05, 4.69) is 19.7 Å². The Kier molecular flexibility index (Phi) is 6.44. The Balaban J connectivity index is 2.61. The molecule has 0 bridgehead atoms. The molecule has 14 heteroatoms. The maximum absolute atomic E-state index is 13.2. The Bertz CT molecular complexity index is 931. The van der Waals surface area contributed by atoms with Crippen molar-refractivity contribution in [2.45, 2.75) is 24.3 Å². The number of nitrogens with zero attached hydrogens (tertiary/aromatic N) is 4. The zero-order valence-corrected chi connectivity index (χ0v) is 16.5. The van der Waals surface area contributed by atoms with Gasteiger partial charge in [0, 0.05) is 0 Å². The van der Waals surface area contributed by atoms with Crippen molar-refractivity contribution in [3.8, 4) is 5.75 Å². The second-order valence-corrected chi connectivity index (χ2v) is 7.72. The fraction of sp³-hybridized carbons (Fsp3) is 0.357. The average Bonchev–Trinajstić information content (AvgIpc) is 2.59. The summed E-state index contributed by atoms with van der Waals surface area (Å²) in [7, 11) is -3.34. The predicted molar refractivity (Wildman–Crippen MR) is 98.6 cm³/mol. The van der Waals surface area contributed by atoms with Crippen LogP contribution in [0.3, 0.4) is 0 Å². The third-order valence-electron chi connectivity index (χ3n) is 3.24. The van der Waals surface area contributed by atoms with Crippen LogP contribution in [0.15, 0.2) is 44.1 Å². The summed E-state index contributed by atoms with van der Waals surface area (Å²) in [6, 6.07) is 4.16. The molecule has 1 aliphatic rings. The van der Waals surface area contributed by atoms with Gasteiger partial charge in [-0.1, -0.05) is 23.9 Å². The number of halogens is 3. The van der Waals surface area contributed by atoms with Gasteiger partial charge in [-0.3, -0.25) is 0 Å². The number of methoxy groups -OCH3 is 1. The first kappa shape index (κ1) is 21.8. The highest BCUT2D eigenvalue weighted by Gasteiger charge is 2.40. The van der Waals surface area contributed by atoms with E-state index in [0.29, 0.717) is 4.31 Å². The summed E-state index contributed by atoms with van der Waals surface area (Å²) in [4.78, 5) is 11.0. The smallest absolute Gasteiger partial charge is 0.467 e. The van der Waals surface area contributed by atoms with Gasteiger partial charge in [0.15, 0.2) is 5.17 Å². The standard InChI is InChI=1S/C14H16F3N5O4S2/c1-8-19-13(25-2)21-12(20-11(18)27-3)22(8)28(23,24)10-7-5-4-6-9(10)26-14(15,16)17/h4-8H,1-3H3,(H2,18,19,20,21). The van der Waals surface area contributed by atoms with Crippen LogP contribution < -0.4 is 10.5 Å². The molecule has 1 heterocycles. The summed E-state index contributed by atoms with van der Waals surface area (Å²) in [5.74, 6) is -1.31. The molecular weight excluding hydrogens is 423 g/mol. The van der Waals surface area contributed by atoms with Gasteiger partial charge in [0.2, 0.25) is 5.96 Å². The molecule has 2 N–H and O–H groups in total. The average molecular weight is 439 g/mol. The van der Waals surface area contributed by atoms with Crippen molar-refractivity contribution in [1.29, 1.82) is 0 Å². The van der Waals surface area contributed by atoms with Gasteiger partial charge in [-0.25, -0.2) is 17.7 Å². The minimum Gasteiger partial charge on any atom is -0.467 e. The second kappa shape index (κ2) is 8.26. The first-order valence-corrected chi connectivity index (χ1v) is 10.1. The van der Waals surface area contributed by atoms with E-state index in [1.165, 1.54) is 26.2 Å². The van der Waals surface area contributed by atoms with Crippen LogP contribution in [0.2, 0.25) is 0 Å². The molecule has 0 amide bonds. The fourth-order valence-corrected chi connectivity index (χ4v) is 3.89. The number of alkyl halides is 3. The molecule has 28 heavy (non-hydrogen) atoms.